The van der Waals surface area contributed by atoms with Crippen LogP contribution in [0.15, 0.2) is 69.1 Å². The van der Waals surface area contributed by atoms with Crippen molar-refractivity contribution in [2.75, 3.05) is 63.2 Å². The number of nitrogens with zero attached hydrogens (tertiary/aromatic N) is 4. The Morgan fingerprint density at radius 1 is 0.609 bits per heavy atom. The zero-order valence-electron chi connectivity index (χ0n) is 24.1. The standard InChI is InChI=1S/C28H28N6O8S4/c35-25(19-1-5-21(6-2-19)45(37,38)33-9-13-41-14-10-33)31-27-29-23(17-43-27)24-18-44-28(30-24)32-26(36)20-3-7-22(8-4-20)46(39,40)34-11-15-42-16-12-34/h1-8,17-18H,9-16H2,(H,29,31,35)(H,30,32,36). The predicted octanol–water partition coefficient (Wildman–Crippen LogP) is 2.81. The van der Waals surface area contributed by atoms with Gasteiger partial charge in [0.15, 0.2) is 10.3 Å². The van der Waals surface area contributed by atoms with Gasteiger partial charge in [0.05, 0.1) is 36.2 Å². The maximum atomic E-state index is 12.8. The summed E-state index contributed by atoms with van der Waals surface area (Å²) in [5.41, 5.74) is 1.51. The summed E-state index contributed by atoms with van der Waals surface area (Å²) in [5.74, 6) is -0.905. The van der Waals surface area contributed by atoms with Crippen molar-refractivity contribution < 1.29 is 35.9 Å². The first kappa shape index (κ1) is 32.3. The summed E-state index contributed by atoms with van der Waals surface area (Å²) in [4.78, 5) is 34.7. The minimum absolute atomic E-state index is 0.0997. The van der Waals surface area contributed by atoms with Crippen molar-refractivity contribution in [3.63, 3.8) is 0 Å². The average molecular weight is 705 g/mol. The number of hydrogen-bond acceptors (Lipinski definition) is 12. The Morgan fingerprint density at radius 2 is 0.957 bits per heavy atom. The van der Waals surface area contributed by atoms with Crippen molar-refractivity contribution in [3.05, 3.63) is 70.4 Å². The Labute approximate surface area is 273 Å². The molecule has 0 saturated carbocycles. The van der Waals surface area contributed by atoms with Crippen molar-refractivity contribution in [1.82, 2.24) is 18.6 Å². The second-order valence-corrected chi connectivity index (χ2v) is 15.7. The van der Waals surface area contributed by atoms with Crippen LogP contribution in [0.4, 0.5) is 10.3 Å². The highest BCUT2D eigenvalue weighted by molar-refractivity contribution is 7.89. The SMILES string of the molecule is O=C(Nc1nc(-c2csc(NC(=O)c3ccc(S(=O)(=O)N4CCOCC4)cc3)n2)cs1)c1ccc(S(=O)(=O)N2CCOCC2)cc1. The molecule has 2 aromatic carbocycles. The van der Waals surface area contributed by atoms with Gasteiger partial charge in [0.2, 0.25) is 20.0 Å². The Bertz CT molecular complexity index is 1790. The van der Waals surface area contributed by atoms with Crippen LogP contribution in [0.25, 0.3) is 11.4 Å². The highest BCUT2D eigenvalue weighted by Gasteiger charge is 2.28. The predicted molar refractivity (Wildman–Crippen MR) is 171 cm³/mol. The van der Waals surface area contributed by atoms with Gasteiger partial charge in [-0.25, -0.2) is 26.8 Å². The van der Waals surface area contributed by atoms with Crippen LogP contribution in [0.1, 0.15) is 20.7 Å². The van der Waals surface area contributed by atoms with E-state index >= 15 is 0 Å². The summed E-state index contributed by atoms with van der Waals surface area (Å²) in [6.07, 6.45) is 0. The molecule has 2 fully saturated rings. The third kappa shape index (κ3) is 7.03. The van der Waals surface area contributed by atoms with Crippen LogP contribution >= 0.6 is 22.7 Å². The topological polar surface area (TPSA) is 177 Å². The average Bonchev–Trinajstić information content (AvgIpc) is 3.75. The Balaban J connectivity index is 1.05. The number of morpholine rings is 2. The van der Waals surface area contributed by atoms with Crippen LogP contribution < -0.4 is 10.6 Å². The summed E-state index contributed by atoms with van der Waals surface area (Å²) in [5, 5.41) is 9.48. The molecule has 0 radical (unpaired) electrons. The fourth-order valence-electron chi connectivity index (χ4n) is 4.66. The molecule has 2 amide bonds. The molecular weight excluding hydrogens is 677 g/mol. The summed E-state index contributed by atoms with van der Waals surface area (Å²) < 4.78 is 64.5. The molecule has 4 aromatic rings. The quantitative estimate of drug-likeness (QED) is 0.263. The summed E-state index contributed by atoms with van der Waals surface area (Å²) in [7, 11) is -7.34. The Kier molecular flexibility index (Phi) is 9.57. The Morgan fingerprint density at radius 3 is 1.30 bits per heavy atom. The monoisotopic (exact) mass is 704 g/mol. The van der Waals surface area contributed by atoms with Gasteiger partial charge in [-0.2, -0.15) is 8.61 Å². The van der Waals surface area contributed by atoms with Crippen molar-refractivity contribution in [2.24, 2.45) is 0 Å². The maximum Gasteiger partial charge on any atom is 0.257 e. The van der Waals surface area contributed by atoms with Gasteiger partial charge in [-0.15, -0.1) is 22.7 Å². The van der Waals surface area contributed by atoms with Crippen LogP contribution in [0.3, 0.4) is 0 Å². The lowest BCUT2D eigenvalue weighted by atomic mass is 10.2. The third-order valence-electron chi connectivity index (χ3n) is 7.16. The van der Waals surface area contributed by atoms with E-state index in [-0.39, 0.29) is 47.1 Å². The number of hydrogen-bond donors (Lipinski definition) is 2. The molecule has 0 bridgehead atoms. The van der Waals surface area contributed by atoms with Crippen LogP contribution in [-0.2, 0) is 29.5 Å². The minimum Gasteiger partial charge on any atom is -0.379 e. The van der Waals surface area contributed by atoms with E-state index in [1.807, 2.05) is 0 Å². The lowest BCUT2D eigenvalue weighted by Crippen LogP contribution is -2.40. The van der Waals surface area contributed by atoms with E-state index in [4.69, 9.17) is 9.47 Å². The number of thiazole rings is 2. The van der Waals surface area contributed by atoms with Crippen molar-refractivity contribution in [2.45, 2.75) is 9.79 Å². The molecule has 14 nitrogen and oxygen atoms in total. The number of rotatable bonds is 9. The molecule has 0 aliphatic carbocycles. The van der Waals surface area contributed by atoms with E-state index in [0.717, 1.165) is 0 Å². The number of anilines is 2. The molecule has 0 unspecified atom stereocenters. The van der Waals surface area contributed by atoms with Crippen molar-refractivity contribution in [1.29, 1.82) is 0 Å². The van der Waals surface area contributed by atoms with E-state index in [2.05, 4.69) is 20.6 Å². The number of aromatic nitrogens is 2. The van der Waals surface area contributed by atoms with E-state index < -0.39 is 31.9 Å². The van der Waals surface area contributed by atoms with Gasteiger partial charge in [0.1, 0.15) is 11.4 Å². The van der Waals surface area contributed by atoms with Gasteiger partial charge in [-0.3, -0.25) is 20.2 Å². The van der Waals surface area contributed by atoms with Gasteiger partial charge < -0.3 is 9.47 Å². The molecule has 0 spiro atoms. The molecule has 6 rings (SSSR count). The molecular formula is C28H28N6O8S4. The molecule has 2 N–H and O–H groups in total. The number of nitrogens with one attached hydrogen (secondary N) is 2. The fraction of sp³-hybridized carbons (Fsp3) is 0.286. The first-order chi connectivity index (χ1) is 22.1. The molecule has 2 saturated heterocycles. The summed E-state index contributed by atoms with van der Waals surface area (Å²) in [6.45, 7) is 2.48. The van der Waals surface area contributed by atoms with Crippen LogP contribution in [0.2, 0.25) is 0 Å². The summed E-state index contributed by atoms with van der Waals surface area (Å²) in [6, 6.07) is 11.4. The first-order valence-electron chi connectivity index (χ1n) is 14.0. The third-order valence-corrected chi connectivity index (χ3v) is 12.5. The van der Waals surface area contributed by atoms with Gasteiger partial charge >= 0.3 is 0 Å². The highest BCUT2D eigenvalue weighted by atomic mass is 32.2. The molecule has 4 heterocycles. The van der Waals surface area contributed by atoms with Gasteiger partial charge in [0, 0.05) is 48.1 Å². The van der Waals surface area contributed by atoms with Crippen LogP contribution in [-0.4, -0.2) is 99.8 Å². The molecule has 18 heteroatoms. The van der Waals surface area contributed by atoms with Crippen LogP contribution in [0.5, 0.6) is 0 Å². The second kappa shape index (κ2) is 13.6. The fourth-order valence-corrected chi connectivity index (χ4v) is 8.88. The molecule has 2 aliphatic heterocycles. The molecule has 242 valence electrons. The van der Waals surface area contributed by atoms with Gasteiger partial charge in [0.25, 0.3) is 11.8 Å². The van der Waals surface area contributed by atoms with E-state index in [1.165, 1.54) is 79.8 Å². The smallest absolute Gasteiger partial charge is 0.257 e. The number of benzene rings is 2. The molecule has 0 atom stereocenters. The highest BCUT2D eigenvalue weighted by Crippen LogP contribution is 2.29. The Hall–Kier alpha value is -3.62. The lowest BCUT2D eigenvalue weighted by molar-refractivity contribution is 0.0730. The lowest BCUT2D eigenvalue weighted by Gasteiger charge is -2.26. The number of amides is 2. The molecule has 2 aromatic heterocycles. The van der Waals surface area contributed by atoms with Gasteiger partial charge in [-0.05, 0) is 48.5 Å². The van der Waals surface area contributed by atoms with Crippen LogP contribution in [0, 0.1) is 0 Å². The second-order valence-electron chi connectivity index (χ2n) is 10.1. The molecule has 2 aliphatic rings. The zero-order valence-corrected chi connectivity index (χ0v) is 27.4. The number of sulfonamides is 2. The largest absolute Gasteiger partial charge is 0.379 e. The minimum atomic E-state index is -3.67. The van der Waals surface area contributed by atoms with E-state index in [9.17, 15) is 26.4 Å². The first-order valence-corrected chi connectivity index (χ1v) is 18.7. The van der Waals surface area contributed by atoms with E-state index in [0.29, 0.717) is 48.1 Å². The number of carbonyl (C=O) groups excluding carboxylic acids is 2. The van der Waals surface area contributed by atoms with E-state index in [1.54, 1.807) is 10.8 Å². The summed E-state index contributed by atoms with van der Waals surface area (Å²) >= 11 is 2.37. The number of carbonyl (C=O) groups is 2. The van der Waals surface area contributed by atoms with Crippen molar-refractivity contribution >= 4 is 64.8 Å². The van der Waals surface area contributed by atoms with Crippen molar-refractivity contribution in [3.8, 4) is 11.4 Å². The van der Waals surface area contributed by atoms with Gasteiger partial charge in [-0.1, -0.05) is 0 Å². The normalized spacial score (nSPS) is 16.6. The maximum absolute atomic E-state index is 12.8. The number of ether oxygens (including phenoxy) is 2. The zero-order chi connectivity index (χ0) is 32.3. The molecule has 46 heavy (non-hydrogen) atoms.